The fourth-order valence-electron chi connectivity index (χ4n) is 1.31. The van der Waals surface area contributed by atoms with Crippen molar-refractivity contribution in [3.8, 4) is 0 Å². The second kappa shape index (κ2) is 6.85. The highest BCUT2D eigenvalue weighted by molar-refractivity contribution is 7.89. The molecular formula is C10H21NO4S. The number of hydrogen-bond donors (Lipinski definition) is 1. The van der Waals surface area contributed by atoms with Gasteiger partial charge < -0.3 is 5.11 Å². The largest absolute Gasteiger partial charge is 0.480 e. The number of carbonyl (C=O) groups is 1. The van der Waals surface area contributed by atoms with Crippen molar-refractivity contribution >= 4 is 16.0 Å². The maximum Gasteiger partial charge on any atom is 0.318 e. The van der Waals surface area contributed by atoms with Crippen molar-refractivity contribution in [1.82, 2.24) is 4.31 Å². The lowest BCUT2D eigenvalue weighted by Crippen LogP contribution is -2.42. The Labute approximate surface area is 97.5 Å². The normalized spacial score (nSPS) is 14.0. The average Bonchev–Trinajstić information content (AvgIpc) is 2.21. The molecule has 0 rings (SSSR count). The van der Waals surface area contributed by atoms with Gasteiger partial charge in [0.15, 0.2) is 0 Å². The van der Waals surface area contributed by atoms with Crippen molar-refractivity contribution in [3.63, 3.8) is 0 Å². The summed E-state index contributed by atoms with van der Waals surface area (Å²) in [5, 5.41) is 8.71. The molecule has 0 aliphatic rings. The molecule has 6 heteroatoms. The van der Waals surface area contributed by atoms with Crippen LogP contribution in [0.15, 0.2) is 0 Å². The van der Waals surface area contributed by atoms with Gasteiger partial charge in [-0.15, -0.1) is 0 Å². The van der Waals surface area contributed by atoms with Gasteiger partial charge in [-0.1, -0.05) is 20.3 Å². The second-order valence-corrected chi connectivity index (χ2v) is 5.91. The van der Waals surface area contributed by atoms with E-state index < -0.39 is 22.5 Å². The van der Waals surface area contributed by atoms with Gasteiger partial charge in [0, 0.05) is 6.04 Å². The molecule has 0 amide bonds. The van der Waals surface area contributed by atoms with Gasteiger partial charge in [0.25, 0.3) is 0 Å². The predicted octanol–water partition coefficient (Wildman–Crippen LogP) is 1.30. The number of carboxylic acids is 1. The summed E-state index contributed by atoms with van der Waals surface area (Å²) < 4.78 is 24.9. The molecule has 0 saturated heterocycles. The quantitative estimate of drug-likeness (QED) is 0.705. The van der Waals surface area contributed by atoms with Gasteiger partial charge in [-0.3, -0.25) is 4.79 Å². The minimum absolute atomic E-state index is 0.0289. The Morgan fingerprint density at radius 2 is 1.94 bits per heavy atom. The molecule has 0 heterocycles. The van der Waals surface area contributed by atoms with Crippen LogP contribution >= 0.6 is 0 Å². The molecular weight excluding hydrogens is 230 g/mol. The van der Waals surface area contributed by atoms with Gasteiger partial charge in [0.1, 0.15) is 6.54 Å². The Hall–Kier alpha value is -0.620. The monoisotopic (exact) mass is 251 g/mol. The molecule has 0 saturated carbocycles. The first kappa shape index (κ1) is 15.4. The maximum absolute atomic E-state index is 11.9. The fraction of sp³-hybridized carbons (Fsp3) is 0.900. The molecule has 0 fully saturated rings. The third-order valence-corrected chi connectivity index (χ3v) is 4.49. The van der Waals surface area contributed by atoms with Crippen LogP contribution in [-0.4, -0.2) is 42.1 Å². The minimum atomic E-state index is -3.44. The first-order valence-electron chi connectivity index (χ1n) is 5.56. The zero-order valence-corrected chi connectivity index (χ0v) is 11.0. The molecule has 0 bridgehead atoms. The zero-order valence-electron chi connectivity index (χ0n) is 10.1. The number of aliphatic carboxylic acids is 1. The minimum Gasteiger partial charge on any atom is -0.480 e. The standard InChI is InChI=1S/C10H21NO4S/c1-4-6-7-16(14,15)11(8-10(12)13)9(3)5-2/h9H,4-8H2,1-3H3,(H,12,13). The number of sulfonamides is 1. The number of carboxylic acid groups (broad SMARTS) is 1. The Morgan fingerprint density at radius 1 is 1.38 bits per heavy atom. The van der Waals surface area contributed by atoms with E-state index in [-0.39, 0.29) is 11.8 Å². The molecule has 0 spiro atoms. The smallest absolute Gasteiger partial charge is 0.318 e. The van der Waals surface area contributed by atoms with Gasteiger partial charge in [-0.05, 0) is 19.8 Å². The van der Waals surface area contributed by atoms with Crippen molar-refractivity contribution in [1.29, 1.82) is 0 Å². The summed E-state index contributed by atoms with van der Waals surface area (Å²) in [5.74, 6) is -1.08. The average molecular weight is 251 g/mol. The van der Waals surface area contributed by atoms with Crippen LogP contribution in [0.5, 0.6) is 0 Å². The maximum atomic E-state index is 11.9. The predicted molar refractivity (Wildman–Crippen MR) is 62.8 cm³/mol. The molecule has 96 valence electrons. The van der Waals surface area contributed by atoms with Crippen molar-refractivity contribution in [2.75, 3.05) is 12.3 Å². The third kappa shape index (κ3) is 4.94. The molecule has 0 aromatic carbocycles. The topological polar surface area (TPSA) is 74.7 Å². The van der Waals surface area contributed by atoms with Crippen LogP contribution in [0.4, 0.5) is 0 Å². The van der Waals surface area contributed by atoms with Crippen LogP contribution in [-0.2, 0) is 14.8 Å². The van der Waals surface area contributed by atoms with Crippen LogP contribution < -0.4 is 0 Å². The lowest BCUT2D eigenvalue weighted by atomic mass is 10.2. The molecule has 1 unspecified atom stereocenters. The summed E-state index contributed by atoms with van der Waals surface area (Å²) in [6.45, 7) is 5.03. The van der Waals surface area contributed by atoms with Gasteiger partial charge >= 0.3 is 5.97 Å². The zero-order chi connectivity index (χ0) is 12.8. The van der Waals surface area contributed by atoms with E-state index >= 15 is 0 Å². The summed E-state index contributed by atoms with van der Waals surface area (Å²) in [7, 11) is -3.44. The number of unbranched alkanes of at least 4 members (excludes halogenated alkanes) is 1. The summed E-state index contributed by atoms with van der Waals surface area (Å²) >= 11 is 0. The molecule has 0 aromatic rings. The molecule has 1 atom stereocenters. The van der Waals surface area contributed by atoms with E-state index in [0.717, 1.165) is 10.7 Å². The molecule has 0 aliphatic carbocycles. The van der Waals surface area contributed by atoms with E-state index in [1.54, 1.807) is 6.92 Å². The molecule has 1 N–H and O–H groups in total. The lowest BCUT2D eigenvalue weighted by Gasteiger charge is -2.25. The fourth-order valence-corrected chi connectivity index (χ4v) is 3.20. The van der Waals surface area contributed by atoms with Crippen molar-refractivity contribution in [3.05, 3.63) is 0 Å². The van der Waals surface area contributed by atoms with Crippen LogP contribution in [0.25, 0.3) is 0 Å². The van der Waals surface area contributed by atoms with Gasteiger partial charge in [0.05, 0.1) is 5.75 Å². The summed E-state index contributed by atoms with van der Waals surface area (Å²) in [6, 6.07) is -0.266. The molecule has 0 radical (unpaired) electrons. The van der Waals surface area contributed by atoms with Gasteiger partial charge in [-0.25, -0.2) is 8.42 Å². The Balaban J connectivity index is 4.79. The van der Waals surface area contributed by atoms with Crippen molar-refractivity contribution < 1.29 is 18.3 Å². The highest BCUT2D eigenvalue weighted by atomic mass is 32.2. The number of hydrogen-bond acceptors (Lipinski definition) is 3. The van der Waals surface area contributed by atoms with E-state index in [1.165, 1.54) is 0 Å². The number of rotatable bonds is 8. The van der Waals surface area contributed by atoms with E-state index in [4.69, 9.17) is 5.11 Å². The van der Waals surface area contributed by atoms with Crippen LogP contribution in [0.3, 0.4) is 0 Å². The Kier molecular flexibility index (Phi) is 6.59. The van der Waals surface area contributed by atoms with Gasteiger partial charge in [0.2, 0.25) is 10.0 Å². The SMILES string of the molecule is CCCCS(=O)(=O)N(CC(=O)O)C(C)CC. The Morgan fingerprint density at radius 3 is 2.31 bits per heavy atom. The van der Waals surface area contributed by atoms with Crippen molar-refractivity contribution in [2.45, 2.75) is 46.1 Å². The summed E-state index contributed by atoms with van der Waals surface area (Å²) in [5.41, 5.74) is 0. The Bertz CT molecular complexity index is 313. The number of nitrogens with zero attached hydrogens (tertiary/aromatic N) is 1. The lowest BCUT2D eigenvalue weighted by molar-refractivity contribution is -0.137. The van der Waals surface area contributed by atoms with Crippen LogP contribution in [0.2, 0.25) is 0 Å². The molecule has 5 nitrogen and oxygen atoms in total. The first-order valence-corrected chi connectivity index (χ1v) is 7.17. The highest BCUT2D eigenvalue weighted by Gasteiger charge is 2.27. The van der Waals surface area contributed by atoms with E-state index in [9.17, 15) is 13.2 Å². The molecule has 16 heavy (non-hydrogen) atoms. The second-order valence-electron chi connectivity index (χ2n) is 3.87. The van der Waals surface area contributed by atoms with Crippen LogP contribution in [0.1, 0.15) is 40.0 Å². The summed E-state index contributed by atoms with van der Waals surface area (Å²) in [4.78, 5) is 10.6. The van der Waals surface area contributed by atoms with E-state index in [2.05, 4.69) is 0 Å². The third-order valence-electron chi connectivity index (χ3n) is 2.49. The van der Waals surface area contributed by atoms with E-state index in [1.807, 2.05) is 13.8 Å². The molecule has 0 aromatic heterocycles. The first-order chi connectivity index (χ1) is 7.35. The molecule has 0 aliphatic heterocycles. The van der Waals surface area contributed by atoms with Crippen LogP contribution in [0, 0.1) is 0 Å². The summed E-state index contributed by atoms with van der Waals surface area (Å²) in [6.07, 6.45) is 1.95. The highest BCUT2D eigenvalue weighted by Crippen LogP contribution is 2.12. The van der Waals surface area contributed by atoms with E-state index in [0.29, 0.717) is 12.8 Å². The van der Waals surface area contributed by atoms with Crippen molar-refractivity contribution in [2.24, 2.45) is 0 Å². The van der Waals surface area contributed by atoms with Gasteiger partial charge in [-0.2, -0.15) is 4.31 Å².